The number of carbonyl (C=O) groups excluding carboxylic acids is 3. The van der Waals surface area contributed by atoms with Crippen molar-refractivity contribution in [2.75, 3.05) is 37.6 Å². The van der Waals surface area contributed by atoms with E-state index < -0.39 is 18.2 Å². The van der Waals surface area contributed by atoms with Crippen LogP contribution < -0.4 is 27.4 Å². The van der Waals surface area contributed by atoms with Crippen LogP contribution in [0.2, 0.25) is 0 Å². The number of carboxylic acid groups (broad SMARTS) is 1. The van der Waals surface area contributed by atoms with Gasteiger partial charge in [0.05, 0.1) is 34.6 Å². The summed E-state index contributed by atoms with van der Waals surface area (Å²) in [6, 6.07) is 19.0. The molecule has 6 heterocycles. The first-order valence-electron chi connectivity index (χ1n) is 18.9. The summed E-state index contributed by atoms with van der Waals surface area (Å²) in [6.45, 7) is 4.78. The first kappa shape index (κ1) is 43.4. The Balaban J connectivity index is 0.000000182. The Kier molecular flexibility index (Phi) is 13.4. The number of nitrogen functional groups attached to an aromatic ring is 2. The summed E-state index contributed by atoms with van der Waals surface area (Å²) in [5.74, 6) is -2.44. The highest BCUT2D eigenvalue weighted by Crippen LogP contribution is 2.28. The zero-order valence-corrected chi connectivity index (χ0v) is 32.8. The fourth-order valence-corrected chi connectivity index (χ4v) is 6.18. The monoisotopic (exact) mass is 836 g/mol. The van der Waals surface area contributed by atoms with Crippen molar-refractivity contribution in [3.05, 3.63) is 108 Å². The van der Waals surface area contributed by atoms with E-state index in [1.165, 1.54) is 55.4 Å². The van der Waals surface area contributed by atoms with Crippen molar-refractivity contribution in [3.63, 3.8) is 0 Å². The van der Waals surface area contributed by atoms with Crippen molar-refractivity contribution in [1.82, 2.24) is 40.8 Å². The highest BCUT2D eigenvalue weighted by Gasteiger charge is 2.34. The molecule has 6 aromatic rings. The molecular formula is C42H42F2N10O7. The largest absolute Gasteiger partial charge is 0.479 e. The molecule has 4 aromatic heterocycles. The van der Waals surface area contributed by atoms with Crippen molar-refractivity contribution in [2.24, 2.45) is 0 Å². The van der Waals surface area contributed by atoms with E-state index in [0.29, 0.717) is 68.5 Å². The number of halogens is 2. The van der Waals surface area contributed by atoms with E-state index in [1.807, 2.05) is 0 Å². The van der Waals surface area contributed by atoms with Gasteiger partial charge < -0.3 is 47.6 Å². The smallest absolute Gasteiger partial charge is 0.332 e. The van der Waals surface area contributed by atoms with E-state index in [-0.39, 0.29) is 53.1 Å². The quantitative estimate of drug-likeness (QED) is 0.110. The maximum atomic E-state index is 13.5. The van der Waals surface area contributed by atoms with Crippen molar-refractivity contribution >= 4 is 57.1 Å². The molecule has 0 bridgehead atoms. The Bertz CT molecular complexity index is 2620. The standard InChI is InChI=1S/C21H20FN5O3.C18H16FN5O.C3H6O3/c1-11(28)21(30)27-9-14(10-27)25-20(29)16-8-24-19(23)18-15(16)5-6-17(26-18)12-3-2-4-13(22)7-12;19-11-3-1-2-10(6-11)15-5-4-13-14(9-22-17(20)16(13)24-15)18(25)23-12-7-21-8-12;1-2(4)3(5)6/h2-8,11,14,28H,9-10H2,1H3,(H2,23,24)(H,25,29);1-6,9,12,21H,7-8H2,(H2,20,22)(H,23,25);2,4H,1H3,(H,5,6). The fourth-order valence-electron chi connectivity index (χ4n) is 6.18. The lowest BCUT2D eigenvalue weighted by molar-refractivity contribution is -0.145. The van der Waals surface area contributed by atoms with Crippen LogP contribution in [0, 0.1) is 11.6 Å². The molecular weight excluding hydrogens is 795 g/mol. The van der Waals surface area contributed by atoms with Crippen LogP contribution in [0.15, 0.2) is 85.2 Å². The third-order valence-electron chi connectivity index (χ3n) is 9.61. The van der Waals surface area contributed by atoms with E-state index in [1.54, 1.807) is 48.5 Å². The van der Waals surface area contributed by atoms with Crippen LogP contribution in [0.3, 0.4) is 0 Å². The molecule has 61 heavy (non-hydrogen) atoms. The molecule has 0 aliphatic carbocycles. The average Bonchev–Trinajstić information content (AvgIpc) is 3.20. The zero-order valence-electron chi connectivity index (χ0n) is 32.8. The number of nitrogens with two attached hydrogens (primary N) is 2. The maximum absolute atomic E-state index is 13.5. The second-order valence-corrected chi connectivity index (χ2v) is 14.3. The number of benzene rings is 2. The van der Waals surface area contributed by atoms with Gasteiger partial charge in [0.2, 0.25) is 0 Å². The van der Waals surface area contributed by atoms with Crippen LogP contribution in [-0.4, -0.2) is 114 Å². The maximum Gasteiger partial charge on any atom is 0.332 e. The summed E-state index contributed by atoms with van der Waals surface area (Å²) in [5, 5.41) is 35.1. The summed E-state index contributed by atoms with van der Waals surface area (Å²) in [7, 11) is 0. The van der Waals surface area contributed by atoms with E-state index >= 15 is 0 Å². The number of nitrogens with zero attached hydrogens (tertiary/aromatic N) is 5. The Morgan fingerprint density at radius 2 is 1.16 bits per heavy atom. The summed E-state index contributed by atoms with van der Waals surface area (Å²) in [5.41, 5.74) is 15.7. The zero-order chi connectivity index (χ0) is 44.0. The minimum Gasteiger partial charge on any atom is -0.479 e. The first-order valence-corrected chi connectivity index (χ1v) is 18.9. The van der Waals surface area contributed by atoms with Gasteiger partial charge in [0.25, 0.3) is 17.7 Å². The molecule has 2 aliphatic heterocycles. The van der Waals surface area contributed by atoms with E-state index in [9.17, 15) is 33.1 Å². The molecule has 17 nitrogen and oxygen atoms in total. The van der Waals surface area contributed by atoms with Crippen LogP contribution >= 0.6 is 0 Å². The highest BCUT2D eigenvalue weighted by molar-refractivity contribution is 6.09. The number of likely N-dealkylation sites (tertiary alicyclic amines) is 1. The summed E-state index contributed by atoms with van der Waals surface area (Å²) in [6.07, 6.45) is 0.548. The fraction of sp³-hybridized carbons (Fsp3) is 0.238. The molecule has 2 fully saturated rings. The second-order valence-electron chi connectivity index (χ2n) is 14.3. The number of hydrogen-bond donors (Lipinski definition) is 8. The van der Waals surface area contributed by atoms with E-state index in [2.05, 4.69) is 35.9 Å². The molecule has 3 amide bonds. The van der Waals surface area contributed by atoms with Crippen molar-refractivity contribution in [3.8, 4) is 22.5 Å². The van der Waals surface area contributed by atoms with Gasteiger partial charge in [-0.3, -0.25) is 14.4 Å². The molecule has 2 aliphatic rings. The number of aliphatic hydroxyl groups is 2. The Hall–Kier alpha value is -7.22. The molecule has 316 valence electrons. The summed E-state index contributed by atoms with van der Waals surface area (Å²) in [4.78, 5) is 65.0. The minimum absolute atomic E-state index is 0.125. The molecule has 0 radical (unpaired) electrons. The SMILES string of the molecule is CC(O)C(=O)N1CC(NC(=O)c2cnc(N)c3nc(-c4cccc(F)c4)ccc23)C1.CC(O)C(=O)O.Nc1ncc(C(=O)NC2CNC2)c2ccc(-c3cccc(F)c3)nc12. The number of fused-ring (bicyclic) bond motifs is 2. The van der Waals surface area contributed by atoms with Gasteiger partial charge >= 0.3 is 5.97 Å². The second kappa shape index (κ2) is 18.8. The first-order chi connectivity index (χ1) is 29.1. The van der Waals surface area contributed by atoms with Gasteiger partial charge in [-0.15, -0.1) is 0 Å². The number of carboxylic acids is 1. The van der Waals surface area contributed by atoms with Crippen LogP contribution in [0.5, 0.6) is 0 Å². The minimum atomic E-state index is -1.23. The molecule has 2 aromatic carbocycles. The summed E-state index contributed by atoms with van der Waals surface area (Å²) >= 11 is 0. The third kappa shape index (κ3) is 10.3. The normalized spacial score (nSPS) is 14.6. The molecule has 0 spiro atoms. The summed E-state index contributed by atoms with van der Waals surface area (Å²) < 4.78 is 27.0. The lowest BCUT2D eigenvalue weighted by Crippen LogP contribution is -2.62. The van der Waals surface area contributed by atoms with Crippen LogP contribution in [-0.2, 0) is 9.59 Å². The Morgan fingerprint density at radius 3 is 1.54 bits per heavy atom. The molecule has 0 saturated carbocycles. The topological polar surface area (TPSA) is 272 Å². The van der Waals surface area contributed by atoms with Gasteiger partial charge in [-0.05, 0) is 62.4 Å². The number of nitrogens with one attached hydrogen (secondary N) is 3. The van der Waals surface area contributed by atoms with Gasteiger partial charge in [-0.1, -0.05) is 24.3 Å². The van der Waals surface area contributed by atoms with Gasteiger partial charge in [0.15, 0.2) is 0 Å². The van der Waals surface area contributed by atoms with Crippen LogP contribution in [0.4, 0.5) is 20.4 Å². The number of hydrogen-bond acceptors (Lipinski definition) is 13. The lowest BCUT2D eigenvalue weighted by atomic mass is 10.0. The van der Waals surface area contributed by atoms with E-state index in [4.69, 9.17) is 21.7 Å². The van der Waals surface area contributed by atoms with Crippen LogP contribution in [0.1, 0.15) is 34.6 Å². The Labute approximate surface area is 346 Å². The number of pyridine rings is 4. The van der Waals surface area contributed by atoms with Gasteiger partial charge in [0.1, 0.15) is 46.5 Å². The van der Waals surface area contributed by atoms with Gasteiger partial charge in [0, 0.05) is 60.5 Å². The van der Waals surface area contributed by atoms with Crippen molar-refractivity contribution < 1.29 is 43.3 Å². The molecule has 2 unspecified atom stereocenters. The molecule has 2 atom stereocenters. The molecule has 2 saturated heterocycles. The van der Waals surface area contributed by atoms with Gasteiger partial charge in [-0.25, -0.2) is 33.5 Å². The lowest BCUT2D eigenvalue weighted by Gasteiger charge is -2.40. The number of anilines is 2. The molecule has 10 N–H and O–H groups in total. The van der Waals surface area contributed by atoms with E-state index in [0.717, 1.165) is 13.1 Å². The Morgan fingerprint density at radius 1 is 0.721 bits per heavy atom. The third-order valence-corrected chi connectivity index (χ3v) is 9.61. The number of aliphatic hydroxyl groups excluding tert-OH is 2. The van der Waals surface area contributed by atoms with Crippen LogP contribution in [0.25, 0.3) is 44.3 Å². The number of aromatic nitrogens is 4. The molecule has 8 rings (SSSR count). The van der Waals surface area contributed by atoms with Crippen molar-refractivity contribution in [2.45, 2.75) is 38.1 Å². The number of amides is 3. The molecule has 19 heteroatoms. The predicted octanol–water partition coefficient (Wildman–Crippen LogP) is 2.51. The highest BCUT2D eigenvalue weighted by atomic mass is 19.1. The average molecular weight is 837 g/mol. The number of carbonyl (C=O) groups is 4. The number of rotatable bonds is 8. The number of aliphatic carboxylic acids is 1. The van der Waals surface area contributed by atoms with Crippen molar-refractivity contribution in [1.29, 1.82) is 0 Å². The van der Waals surface area contributed by atoms with Gasteiger partial charge in [-0.2, -0.15) is 0 Å². The predicted molar refractivity (Wildman–Crippen MR) is 222 cm³/mol.